The summed E-state index contributed by atoms with van der Waals surface area (Å²) in [5.41, 5.74) is 1.66. The van der Waals surface area contributed by atoms with Crippen molar-refractivity contribution in [3.63, 3.8) is 0 Å². The first-order chi connectivity index (χ1) is 14.8. The van der Waals surface area contributed by atoms with E-state index in [1.165, 1.54) is 22.2 Å². The molecule has 0 saturated heterocycles. The molecule has 5 nitrogen and oxygen atoms in total. The molecule has 0 bridgehead atoms. The Morgan fingerprint density at radius 3 is 2.52 bits per heavy atom. The van der Waals surface area contributed by atoms with Gasteiger partial charge in [-0.1, -0.05) is 19.1 Å². The van der Waals surface area contributed by atoms with Crippen molar-refractivity contribution in [3.8, 4) is 6.07 Å². The van der Waals surface area contributed by atoms with E-state index < -0.39 is 11.7 Å². The standard InChI is InChI=1S/C23H24BrClFN3O2/c1-4-15(3)29(22(30)17-8-6-7-16(13-17)11-12-27)28(5-2)23(31)18-9-10-20(26)21(24)19(18)14-25/h6-10,13,15H,4-5,11,14H2,1-3H3. The summed E-state index contributed by atoms with van der Waals surface area (Å²) in [6, 6.07) is 11.2. The lowest BCUT2D eigenvalue weighted by Gasteiger charge is -2.38. The first-order valence-corrected chi connectivity index (χ1v) is 11.3. The molecule has 0 aliphatic heterocycles. The van der Waals surface area contributed by atoms with Gasteiger partial charge in [-0.3, -0.25) is 9.59 Å². The summed E-state index contributed by atoms with van der Waals surface area (Å²) in [4.78, 5) is 26.9. The predicted octanol–water partition coefficient (Wildman–Crippen LogP) is 5.71. The van der Waals surface area contributed by atoms with Crippen molar-refractivity contribution < 1.29 is 14.0 Å². The third-order valence-electron chi connectivity index (χ3n) is 5.03. The van der Waals surface area contributed by atoms with Crippen molar-refractivity contribution in [1.29, 1.82) is 5.26 Å². The maximum absolute atomic E-state index is 14.0. The van der Waals surface area contributed by atoms with E-state index in [0.717, 1.165) is 5.56 Å². The zero-order valence-electron chi connectivity index (χ0n) is 17.7. The van der Waals surface area contributed by atoms with Gasteiger partial charge in [0.1, 0.15) is 5.82 Å². The number of carbonyl (C=O) groups is 2. The van der Waals surface area contributed by atoms with Crippen LogP contribution in [0.3, 0.4) is 0 Å². The van der Waals surface area contributed by atoms with E-state index in [4.69, 9.17) is 16.9 Å². The summed E-state index contributed by atoms with van der Waals surface area (Å²) >= 11 is 9.16. The van der Waals surface area contributed by atoms with E-state index >= 15 is 0 Å². The second kappa shape index (κ2) is 11.3. The number of hydrogen-bond donors (Lipinski definition) is 0. The summed E-state index contributed by atoms with van der Waals surface area (Å²) in [5, 5.41) is 11.8. The van der Waals surface area contributed by atoms with Crippen LogP contribution in [0.25, 0.3) is 0 Å². The fourth-order valence-corrected chi connectivity index (χ4v) is 4.14. The molecule has 1 atom stereocenters. The molecule has 0 saturated carbocycles. The number of rotatable bonds is 7. The van der Waals surface area contributed by atoms with E-state index in [1.807, 2.05) is 13.8 Å². The highest BCUT2D eigenvalue weighted by atomic mass is 79.9. The molecule has 2 rings (SSSR count). The number of alkyl halides is 1. The molecule has 1 unspecified atom stereocenters. The molecule has 0 heterocycles. The number of nitriles is 1. The molecule has 0 aliphatic carbocycles. The van der Waals surface area contributed by atoms with Gasteiger partial charge in [0.25, 0.3) is 11.8 Å². The van der Waals surface area contributed by atoms with Gasteiger partial charge < -0.3 is 0 Å². The molecule has 0 aliphatic rings. The van der Waals surface area contributed by atoms with Crippen molar-refractivity contribution in [3.05, 3.63) is 68.9 Å². The van der Waals surface area contributed by atoms with Gasteiger partial charge in [-0.15, -0.1) is 11.6 Å². The number of carbonyl (C=O) groups excluding carboxylic acids is 2. The van der Waals surface area contributed by atoms with Crippen molar-refractivity contribution in [2.75, 3.05) is 6.54 Å². The lowest BCUT2D eigenvalue weighted by Crippen LogP contribution is -2.53. The third kappa shape index (κ3) is 5.44. The molecule has 164 valence electrons. The number of hydrogen-bond acceptors (Lipinski definition) is 3. The molecule has 2 amide bonds. The van der Waals surface area contributed by atoms with Crippen LogP contribution in [0.5, 0.6) is 0 Å². The van der Waals surface area contributed by atoms with Crippen LogP contribution in [0.4, 0.5) is 4.39 Å². The monoisotopic (exact) mass is 507 g/mol. The van der Waals surface area contributed by atoms with E-state index in [-0.39, 0.29) is 40.8 Å². The molecule has 0 aromatic heterocycles. The Bertz CT molecular complexity index is 1010. The van der Waals surface area contributed by atoms with Crippen LogP contribution in [0.2, 0.25) is 0 Å². The minimum Gasteiger partial charge on any atom is -0.267 e. The van der Waals surface area contributed by atoms with Crippen molar-refractivity contribution in [2.45, 2.75) is 45.5 Å². The normalized spacial score (nSPS) is 11.5. The number of amides is 2. The maximum Gasteiger partial charge on any atom is 0.272 e. The van der Waals surface area contributed by atoms with E-state index in [2.05, 4.69) is 22.0 Å². The lowest BCUT2D eigenvalue weighted by atomic mass is 10.1. The first kappa shape index (κ1) is 24.8. The minimum atomic E-state index is -0.514. The van der Waals surface area contributed by atoms with Gasteiger partial charge in [-0.25, -0.2) is 14.4 Å². The third-order valence-corrected chi connectivity index (χ3v) is 6.15. The van der Waals surface area contributed by atoms with Crippen molar-refractivity contribution >= 4 is 39.3 Å². The fourth-order valence-electron chi connectivity index (χ4n) is 3.22. The Labute approximate surface area is 195 Å². The molecule has 0 N–H and O–H groups in total. The highest BCUT2D eigenvalue weighted by Crippen LogP contribution is 2.28. The van der Waals surface area contributed by atoms with E-state index in [1.54, 1.807) is 31.2 Å². The lowest BCUT2D eigenvalue weighted by molar-refractivity contribution is -0.0188. The Morgan fingerprint density at radius 2 is 1.94 bits per heavy atom. The van der Waals surface area contributed by atoms with Gasteiger partial charge in [0.2, 0.25) is 0 Å². The number of hydrazine groups is 1. The Balaban J connectivity index is 2.52. The molecule has 8 heteroatoms. The van der Waals surface area contributed by atoms with Crippen molar-refractivity contribution in [2.24, 2.45) is 0 Å². The summed E-state index contributed by atoms with van der Waals surface area (Å²) in [5.74, 6) is -1.37. The smallest absolute Gasteiger partial charge is 0.267 e. The average Bonchev–Trinajstić information content (AvgIpc) is 2.78. The van der Waals surface area contributed by atoms with Crippen LogP contribution in [0, 0.1) is 17.1 Å². The second-order valence-electron chi connectivity index (χ2n) is 6.98. The predicted molar refractivity (Wildman–Crippen MR) is 122 cm³/mol. The summed E-state index contributed by atoms with van der Waals surface area (Å²) in [6.07, 6.45) is 0.798. The summed E-state index contributed by atoms with van der Waals surface area (Å²) < 4.78 is 14.1. The Hall–Kier alpha value is -2.43. The molecule has 2 aromatic carbocycles. The Morgan fingerprint density at radius 1 is 1.23 bits per heavy atom. The largest absolute Gasteiger partial charge is 0.272 e. The van der Waals surface area contributed by atoms with Crippen LogP contribution in [0.1, 0.15) is 59.0 Å². The van der Waals surface area contributed by atoms with Gasteiger partial charge in [0, 0.05) is 23.6 Å². The maximum atomic E-state index is 14.0. The molecule has 0 fully saturated rings. The fraction of sp³-hybridized carbons (Fsp3) is 0.348. The molecule has 0 spiro atoms. The zero-order valence-corrected chi connectivity index (χ0v) is 20.0. The highest BCUT2D eigenvalue weighted by molar-refractivity contribution is 9.10. The summed E-state index contributed by atoms with van der Waals surface area (Å²) in [6.45, 7) is 5.78. The number of nitrogens with zero attached hydrogens (tertiary/aromatic N) is 3. The van der Waals surface area contributed by atoms with Gasteiger partial charge in [-0.05, 0) is 71.6 Å². The van der Waals surface area contributed by atoms with Crippen molar-refractivity contribution in [1.82, 2.24) is 10.0 Å². The van der Waals surface area contributed by atoms with Crippen LogP contribution >= 0.6 is 27.5 Å². The molecule has 0 radical (unpaired) electrons. The SMILES string of the molecule is CCC(C)N(C(=O)c1cccc(CC#N)c1)N(CC)C(=O)c1ccc(F)c(Br)c1CCl. The van der Waals surface area contributed by atoms with Gasteiger partial charge in [0.05, 0.1) is 23.0 Å². The highest BCUT2D eigenvalue weighted by Gasteiger charge is 2.31. The first-order valence-electron chi connectivity index (χ1n) is 9.94. The molecule has 31 heavy (non-hydrogen) atoms. The van der Waals surface area contributed by atoms with Crippen LogP contribution < -0.4 is 0 Å². The molecular weight excluding hydrogens is 485 g/mol. The topological polar surface area (TPSA) is 64.4 Å². The summed E-state index contributed by atoms with van der Waals surface area (Å²) in [7, 11) is 0. The van der Waals surface area contributed by atoms with Crippen LogP contribution in [-0.4, -0.2) is 34.4 Å². The minimum absolute atomic E-state index is 0.0650. The van der Waals surface area contributed by atoms with Gasteiger partial charge in [0.15, 0.2) is 0 Å². The quantitative estimate of drug-likeness (QED) is 0.355. The number of halogens is 3. The van der Waals surface area contributed by atoms with Gasteiger partial charge >= 0.3 is 0 Å². The van der Waals surface area contributed by atoms with E-state index in [9.17, 15) is 14.0 Å². The van der Waals surface area contributed by atoms with E-state index in [0.29, 0.717) is 17.5 Å². The van der Waals surface area contributed by atoms with Gasteiger partial charge in [-0.2, -0.15) is 5.26 Å². The zero-order chi connectivity index (χ0) is 23.1. The average molecular weight is 509 g/mol. The molecular formula is C23H24BrClFN3O2. The number of benzene rings is 2. The van der Waals surface area contributed by atoms with Crippen LogP contribution in [-0.2, 0) is 12.3 Å². The Kier molecular flexibility index (Phi) is 9.02. The second-order valence-corrected chi connectivity index (χ2v) is 8.04. The van der Waals surface area contributed by atoms with Crippen LogP contribution in [0.15, 0.2) is 40.9 Å². The molecule has 2 aromatic rings.